The molecule has 100 valence electrons. The lowest BCUT2D eigenvalue weighted by molar-refractivity contribution is -0.117. The molecule has 0 amide bonds. The van der Waals surface area contributed by atoms with E-state index in [1.165, 1.54) is 0 Å². The first-order chi connectivity index (χ1) is 8.97. The minimum atomic E-state index is 0.220. The monoisotopic (exact) mass is 320 g/mol. The van der Waals surface area contributed by atoms with E-state index in [4.69, 9.17) is 0 Å². The van der Waals surface area contributed by atoms with Crippen LogP contribution in [0.25, 0.3) is 0 Å². The van der Waals surface area contributed by atoms with Gasteiger partial charge in [0.25, 0.3) is 0 Å². The Morgan fingerprint density at radius 1 is 1.32 bits per heavy atom. The van der Waals surface area contributed by atoms with Gasteiger partial charge in [-0.3, -0.25) is 9.48 Å². The highest BCUT2D eigenvalue weighted by molar-refractivity contribution is 9.10. The summed E-state index contributed by atoms with van der Waals surface area (Å²) in [6, 6.07) is 7.88. The minimum absolute atomic E-state index is 0.220. The van der Waals surface area contributed by atoms with Gasteiger partial charge in [0, 0.05) is 35.6 Å². The smallest absolute Gasteiger partial charge is 0.141 e. The normalized spacial score (nSPS) is 10.7. The number of aromatic nitrogens is 2. The standard InChI is InChI=1S/C15H17BrN2O/c1-10-15(11(2)18(3)17-10)9-14(19)8-12-5-4-6-13(16)7-12/h4-7H,8-9H2,1-3H3. The molecule has 0 bridgehead atoms. The zero-order valence-electron chi connectivity index (χ0n) is 11.4. The molecular weight excluding hydrogens is 304 g/mol. The number of hydrogen-bond donors (Lipinski definition) is 0. The van der Waals surface area contributed by atoms with E-state index in [0.717, 1.165) is 27.0 Å². The van der Waals surface area contributed by atoms with Crippen molar-refractivity contribution in [3.05, 3.63) is 51.3 Å². The van der Waals surface area contributed by atoms with Gasteiger partial charge in [-0.05, 0) is 31.5 Å². The molecule has 0 aliphatic rings. The van der Waals surface area contributed by atoms with Crippen molar-refractivity contribution >= 4 is 21.7 Å². The Kier molecular flexibility index (Phi) is 4.20. The van der Waals surface area contributed by atoms with Gasteiger partial charge in [0.2, 0.25) is 0 Å². The van der Waals surface area contributed by atoms with Crippen molar-refractivity contribution in [3.8, 4) is 0 Å². The highest BCUT2D eigenvalue weighted by atomic mass is 79.9. The average Bonchev–Trinajstić information content (AvgIpc) is 2.56. The van der Waals surface area contributed by atoms with Crippen LogP contribution in [0.5, 0.6) is 0 Å². The third-order valence-electron chi connectivity index (χ3n) is 3.32. The van der Waals surface area contributed by atoms with Crippen LogP contribution < -0.4 is 0 Å². The van der Waals surface area contributed by atoms with E-state index >= 15 is 0 Å². The lowest BCUT2D eigenvalue weighted by Gasteiger charge is -2.03. The number of carbonyl (C=O) groups excluding carboxylic acids is 1. The van der Waals surface area contributed by atoms with E-state index in [2.05, 4.69) is 21.0 Å². The van der Waals surface area contributed by atoms with Gasteiger partial charge >= 0.3 is 0 Å². The Hall–Kier alpha value is -1.42. The Labute approximate surface area is 121 Å². The molecular formula is C15H17BrN2O. The minimum Gasteiger partial charge on any atom is -0.299 e. The molecule has 0 saturated carbocycles. The van der Waals surface area contributed by atoms with E-state index in [1.807, 2.05) is 49.8 Å². The number of ketones is 1. The number of carbonyl (C=O) groups is 1. The molecule has 2 rings (SSSR count). The second-order valence-electron chi connectivity index (χ2n) is 4.80. The fourth-order valence-corrected chi connectivity index (χ4v) is 2.65. The molecule has 0 spiro atoms. The SMILES string of the molecule is Cc1nn(C)c(C)c1CC(=O)Cc1cccc(Br)c1. The first-order valence-corrected chi connectivity index (χ1v) is 7.02. The predicted molar refractivity (Wildman–Crippen MR) is 79.2 cm³/mol. The lowest BCUT2D eigenvalue weighted by atomic mass is 10.0. The van der Waals surface area contributed by atoms with Crippen molar-refractivity contribution < 1.29 is 4.79 Å². The molecule has 0 radical (unpaired) electrons. The van der Waals surface area contributed by atoms with Crippen molar-refractivity contribution in [1.82, 2.24) is 9.78 Å². The predicted octanol–water partition coefficient (Wildman–Crippen LogP) is 3.15. The van der Waals surface area contributed by atoms with Crippen LogP contribution in [-0.4, -0.2) is 15.6 Å². The van der Waals surface area contributed by atoms with Crippen LogP contribution in [0, 0.1) is 13.8 Å². The fourth-order valence-electron chi connectivity index (χ4n) is 2.21. The summed E-state index contributed by atoms with van der Waals surface area (Å²) < 4.78 is 2.84. The summed E-state index contributed by atoms with van der Waals surface area (Å²) in [6.45, 7) is 3.95. The highest BCUT2D eigenvalue weighted by Crippen LogP contribution is 2.16. The van der Waals surface area contributed by atoms with E-state index in [9.17, 15) is 4.79 Å². The first kappa shape index (κ1) is 14.0. The largest absolute Gasteiger partial charge is 0.299 e. The highest BCUT2D eigenvalue weighted by Gasteiger charge is 2.13. The summed E-state index contributed by atoms with van der Waals surface area (Å²) in [6.07, 6.45) is 0.922. The summed E-state index contributed by atoms with van der Waals surface area (Å²) in [5.41, 5.74) is 4.11. The van der Waals surface area contributed by atoms with E-state index in [1.54, 1.807) is 0 Å². The summed E-state index contributed by atoms with van der Waals surface area (Å²) in [5, 5.41) is 4.34. The Balaban J connectivity index is 2.09. The Bertz CT molecular complexity index is 617. The molecule has 19 heavy (non-hydrogen) atoms. The zero-order chi connectivity index (χ0) is 14.0. The molecule has 0 N–H and O–H groups in total. The van der Waals surface area contributed by atoms with Crippen LogP contribution in [0.15, 0.2) is 28.7 Å². The number of nitrogens with zero attached hydrogens (tertiary/aromatic N) is 2. The van der Waals surface area contributed by atoms with Crippen LogP contribution in [0.2, 0.25) is 0 Å². The molecule has 0 aliphatic heterocycles. The van der Waals surface area contributed by atoms with Crippen molar-refractivity contribution in [3.63, 3.8) is 0 Å². The van der Waals surface area contributed by atoms with E-state index < -0.39 is 0 Å². The summed E-state index contributed by atoms with van der Waals surface area (Å²) in [5.74, 6) is 0.220. The van der Waals surface area contributed by atoms with Gasteiger partial charge in [-0.2, -0.15) is 5.10 Å². The van der Waals surface area contributed by atoms with Crippen LogP contribution in [0.1, 0.15) is 22.5 Å². The lowest BCUT2D eigenvalue weighted by Crippen LogP contribution is -2.08. The van der Waals surface area contributed by atoms with Gasteiger partial charge in [0.05, 0.1) is 5.69 Å². The molecule has 0 fully saturated rings. The van der Waals surface area contributed by atoms with Gasteiger partial charge in [0.1, 0.15) is 5.78 Å². The number of aryl methyl sites for hydroxylation is 2. The number of benzene rings is 1. The molecule has 0 unspecified atom stereocenters. The molecule has 0 atom stereocenters. The van der Waals surface area contributed by atoms with Crippen molar-refractivity contribution in [2.24, 2.45) is 7.05 Å². The molecule has 1 aromatic carbocycles. The van der Waals surface area contributed by atoms with E-state index in [-0.39, 0.29) is 5.78 Å². The number of Topliss-reactive ketones (excluding diaryl/α,β-unsaturated/α-hetero) is 1. The molecule has 3 nitrogen and oxygen atoms in total. The first-order valence-electron chi connectivity index (χ1n) is 6.22. The average molecular weight is 321 g/mol. The third-order valence-corrected chi connectivity index (χ3v) is 3.82. The summed E-state index contributed by atoms with van der Waals surface area (Å²) in [7, 11) is 1.91. The second-order valence-corrected chi connectivity index (χ2v) is 5.71. The zero-order valence-corrected chi connectivity index (χ0v) is 13.0. The molecule has 1 heterocycles. The van der Waals surface area contributed by atoms with Crippen LogP contribution >= 0.6 is 15.9 Å². The van der Waals surface area contributed by atoms with Crippen LogP contribution in [0.4, 0.5) is 0 Å². The molecule has 0 saturated heterocycles. The van der Waals surface area contributed by atoms with Gasteiger partial charge in [-0.1, -0.05) is 28.1 Å². The van der Waals surface area contributed by atoms with Crippen molar-refractivity contribution in [2.75, 3.05) is 0 Å². The Morgan fingerprint density at radius 2 is 2.05 bits per heavy atom. The number of rotatable bonds is 4. The molecule has 2 aromatic rings. The maximum Gasteiger partial charge on any atom is 0.141 e. The van der Waals surface area contributed by atoms with Crippen LogP contribution in [0.3, 0.4) is 0 Å². The maximum atomic E-state index is 12.2. The Morgan fingerprint density at radius 3 is 2.63 bits per heavy atom. The van der Waals surface area contributed by atoms with Gasteiger partial charge in [-0.15, -0.1) is 0 Å². The fraction of sp³-hybridized carbons (Fsp3) is 0.333. The van der Waals surface area contributed by atoms with Crippen molar-refractivity contribution in [1.29, 1.82) is 0 Å². The molecule has 0 aliphatic carbocycles. The maximum absolute atomic E-state index is 12.2. The third kappa shape index (κ3) is 3.32. The summed E-state index contributed by atoms with van der Waals surface area (Å²) in [4.78, 5) is 12.2. The van der Waals surface area contributed by atoms with Gasteiger partial charge < -0.3 is 0 Å². The second kappa shape index (κ2) is 5.70. The number of halogens is 1. The number of hydrogen-bond acceptors (Lipinski definition) is 2. The van der Waals surface area contributed by atoms with Gasteiger partial charge in [-0.25, -0.2) is 0 Å². The topological polar surface area (TPSA) is 34.9 Å². The van der Waals surface area contributed by atoms with E-state index in [0.29, 0.717) is 12.8 Å². The molecule has 1 aromatic heterocycles. The summed E-state index contributed by atoms with van der Waals surface area (Å²) >= 11 is 3.42. The van der Waals surface area contributed by atoms with Crippen LogP contribution in [-0.2, 0) is 24.7 Å². The molecule has 4 heteroatoms. The van der Waals surface area contributed by atoms with Crippen molar-refractivity contribution in [2.45, 2.75) is 26.7 Å². The quantitative estimate of drug-likeness (QED) is 0.867. The van der Waals surface area contributed by atoms with Gasteiger partial charge in [0.15, 0.2) is 0 Å².